The quantitative estimate of drug-likeness (QED) is 0.704. The lowest BCUT2D eigenvalue weighted by Crippen LogP contribution is -2.07. The molecule has 0 aliphatic heterocycles. The smallest absolute Gasteiger partial charge is 0.141 e. The molecule has 1 atom stereocenters. The van der Waals surface area contributed by atoms with Crippen molar-refractivity contribution in [2.24, 2.45) is 0 Å². The fourth-order valence-electron chi connectivity index (χ4n) is 1.97. The van der Waals surface area contributed by atoms with Gasteiger partial charge in [0.05, 0.1) is 5.02 Å². The number of anilines is 1. The Morgan fingerprint density at radius 1 is 1.25 bits per heavy atom. The zero-order valence-electron chi connectivity index (χ0n) is 11.5. The molecule has 1 unspecified atom stereocenters. The third-order valence-electron chi connectivity index (χ3n) is 3.00. The highest BCUT2D eigenvalue weighted by atomic mass is 35.5. The first kappa shape index (κ1) is 15.2. The van der Waals surface area contributed by atoms with Crippen molar-refractivity contribution in [3.05, 3.63) is 58.9 Å². The van der Waals surface area contributed by atoms with Crippen LogP contribution in [0.4, 0.5) is 10.1 Å². The summed E-state index contributed by atoms with van der Waals surface area (Å²) in [6.45, 7) is 4.17. The van der Waals surface area contributed by atoms with Crippen molar-refractivity contribution in [3.63, 3.8) is 0 Å². The fourth-order valence-corrected chi connectivity index (χ4v) is 2.92. The van der Waals surface area contributed by atoms with Gasteiger partial charge in [0.2, 0.25) is 0 Å². The Morgan fingerprint density at radius 2 is 2.00 bits per heavy atom. The summed E-state index contributed by atoms with van der Waals surface area (Å²) >= 11 is 7.63. The molecule has 0 radical (unpaired) electrons. The summed E-state index contributed by atoms with van der Waals surface area (Å²) in [5.74, 6) is 0.639. The molecule has 0 fully saturated rings. The average molecular weight is 310 g/mol. The molecule has 0 amide bonds. The minimum Gasteiger partial charge on any atom is -0.378 e. The lowest BCUT2D eigenvalue weighted by atomic mass is 10.1. The molecule has 0 aromatic heterocycles. The monoisotopic (exact) mass is 309 g/mol. The molecule has 0 aliphatic rings. The summed E-state index contributed by atoms with van der Waals surface area (Å²) in [6, 6.07) is 13.1. The summed E-state index contributed by atoms with van der Waals surface area (Å²) in [6.07, 6.45) is 0. The highest BCUT2D eigenvalue weighted by Crippen LogP contribution is 2.30. The van der Waals surface area contributed by atoms with E-state index >= 15 is 0 Å². The maximum atomic E-state index is 13.2. The first-order valence-electron chi connectivity index (χ1n) is 6.55. The van der Waals surface area contributed by atoms with Crippen LogP contribution in [0.25, 0.3) is 0 Å². The molecule has 0 saturated carbocycles. The number of nitrogens with one attached hydrogen (secondary N) is 1. The Hall–Kier alpha value is -1.19. The molecule has 2 rings (SSSR count). The van der Waals surface area contributed by atoms with Gasteiger partial charge >= 0.3 is 0 Å². The van der Waals surface area contributed by atoms with E-state index in [0.717, 1.165) is 17.0 Å². The molecule has 2 aromatic carbocycles. The molecular weight excluding hydrogens is 293 g/mol. The minimum absolute atomic E-state index is 0.0618. The van der Waals surface area contributed by atoms with Crippen LogP contribution in [-0.4, -0.2) is 5.75 Å². The lowest BCUT2D eigenvalue weighted by molar-refractivity contribution is 0.627. The number of benzene rings is 2. The molecule has 1 N–H and O–H groups in total. The second-order valence-corrected chi connectivity index (χ2v) is 6.18. The molecule has 1 nitrogen and oxygen atoms in total. The number of hydrogen-bond donors (Lipinski definition) is 1. The van der Waals surface area contributed by atoms with Crippen molar-refractivity contribution < 1.29 is 4.39 Å². The normalized spacial score (nSPS) is 12.2. The highest BCUT2D eigenvalue weighted by molar-refractivity contribution is 7.99. The molecule has 0 saturated heterocycles. The zero-order valence-corrected chi connectivity index (χ0v) is 13.1. The molecule has 0 heterocycles. The molecular formula is C16H17ClFNS. The number of halogens is 2. The van der Waals surface area contributed by atoms with Gasteiger partial charge in [-0.25, -0.2) is 4.39 Å². The second-order valence-electron chi connectivity index (χ2n) is 4.47. The molecule has 0 spiro atoms. The first-order valence-corrected chi connectivity index (χ1v) is 7.91. The van der Waals surface area contributed by atoms with Gasteiger partial charge in [-0.05, 0) is 42.5 Å². The Morgan fingerprint density at radius 3 is 2.70 bits per heavy atom. The van der Waals surface area contributed by atoms with Crippen molar-refractivity contribution in [3.8, 4) is 0 Å². The van der Waals surface area contributed by atoms with Crippen LogP contribution in [0.5, 0.6) is 0 Å². The van der Waals surface area contributed by atoms with Crippen LogP contribution < -0.4 is 5.32 Å². The lowest BCUT2D eigenvalue weighted by Gasteiger charge is -2.18. The Balaban J connectivity index is 2.18. The predicted molar refractivity (Wildman–Crippen MR) is 86.3 cm³/mol. The van der Waals surface area contributed by atoms with Crippen molar-refractivity contribution in [1.29, 1.82) is 0 Å². The minimum atomic E-state index is -0.385. The van der Waals surface area contributed by atoms with E-state index in [1.165, 1.54) is 11.0 Å². The molecule has 2 aromatic rings. The molecule has 20 heavy (non-hydrogen) atoms. The van der Waals surface area contributed by atoms with Crippen LogP contribution in [0, 0.1) is 5.82 Å². The summed E-state index contributed by atoms with van der Waals surface area (Å²) in [7, 11) is 0. The number of hydrogen-bond acceptors (Lipinski definition) is 2. The Labute approximate surface area is 128 Å². The van der Waals surface area contributed by atoms with E-state index < -0.39 is 0 Å². The van der Waals surface area contributed by atoms with Crippen LogP contribution >= 0.6 is 23.4 Å². The van der Waals surface area contributed by atoms with Gasteiger partial charge in [0, 0.05) is 16.6 Å². The van der Waals surface area contributed by atoms with E-state index in [1.54, 1.807) is 23.9 Å². The van der Waals surface area contributed by atoms with E-state index in [-0.39, 0.29) is 16.9 Å². The topological polar surface area (TPSA) is 12.0 Å². The number of thioether (sulfide) groups is 1. The fraction of sp³-hybridized carbons (Fsp3) is 0.250. The summed E-state index contributed by atoms with van der Waals surface area (Å²) < 4.78 is 13.2. The van der Waals surface area contributed by atoms with Crippen LogP contribution in [-0.2, 0) is 0 Å². The van der Waals surface area contributed by atoms with E-state index in [2.05, 4.69) is 24.4 Å². The van der Waals surface area contributed by atoms with E-state index in [1.807, 2.05) is 19.1 Å². The van der Waals surface area contributed by atoms with Crippen molar-refractivity contribution in [2.75, 3.05) is 11.1 Å². The van der Waals surface area contributed by atoms with Crippen LogP contribution in [0.2, 0.25) is 5.02 Å². The van der Waals surface area contributed by atoms with Crippen molar-refractivity contribution in [2.45, 2.75) is 24.8 Å². The molecule has 106 valence electrons. The molecule has 0 bridgehead atoms. The van der Waals surface area contributed by atoms with Gasteiger partial charge in [-0.15, -0.1) is 11.8 Å². The maximum Gasteiger partial charge on any atom is 0.141 e. The van der Waals surface area contributed by atoms with Crippen LogP contribution in [0.1, 0.15) is 25.5 Å². The summed E-state index contributed by atoms with van der Waals surface area (Å²) in [5, 5.41) is 3.62. The van der Waals surface area contributed by atoms with Gasteiger partial charge < -0.3 is 5.32 Å². The average Bonchev–Trinajstić information content (AvgIpc) is 2.44. The number of rotatable bonds is 5. The van der Waals surface area contributed by atoms with E-state index in [9.17, 15) is 4.39 Å². The molecule has 0 aliphatic carbocycles. The standard InChI is InChI=1S/C16H17ClFNS/c1-3-20-16-7-5-4-6-15(16)19-11(2)12-8-9-14(18)13(17)10-12/h4-11,19H,3H2,1-2H3. The van der Waals surface area contributed by atoms with Gasteiger partial charge in [-0.3, -0.25) is 0 Å². The van der Waals surface area contributed by atoms with E-state index in [0.29, 0.717) is 0 Å². The SMILES string of the molecule is CCSc1ccccc1NC(C)c1ccc(F)c(Cl)c1. The Bertz CT molecular complexity index is 588. The van der Waals surface area contributed by atoms with Crippen molar-refractivity contribution in [1.82, 2.24) is 0 Å². The van der Waals surface area contributed by atoms with Gasteiger partial charge in [-0.2, -0.15) is 0 Å². The third-order valence-corrected chi connectivity index (χ3v) is 4.25. The maximum absolute atomic E-state index is 13.2. The van der Waals surface area contributed by atoms with Crippen LogP contribution in [0.15, 0.2) is 47.4 Å². The highest BCUT2D eigenvalue weighted by Gasteiger charge is 2.10. The largest absolute Gasteiger partial charge is 0.378 e. The van der Waals surface area contributed by atoms with Crippen LogP contribution in [0.3, 0.4) is 0 Å². The zero-order chi connectivity index (χ0) is 14.5. The number of para-hydroxylation sites is 1. The predicted octanol–water partition coefficient (Wildman–Crippen LogP) is 5.76. The third kappa shape index (κ3) is 3.68. The van der Waals surface area contributed by atoms with E-state index in [4.69, 9.17) is 11.6 Å². The Kier molecular flexibility index (Phi) is 5.32. The first-order chi connectivity index (χ1) is 9.61. The van der Waals surface area contributed by atoms with Gasteiger partial charge in [0.1, 0.15) is 5.82 Å². The summed E-state index contributed by atoms with van der Waals surface area (Å²) in [5.41, 5.74) is 2.06. The van der Waals surface area contributed by atoms with Gasteiger partial charge in [0.15, 0.2) is 0 Å². The summed E-state index contributed by atoms with van der Waals surface area (Å²) in [4.78, 5) is 1.22. The molecule has 4 heteroatoms. The van der Waals surface area contributed by atoms with Gasteiger partial charge in [0.25, 0.3) is 0 Å². The second kappa shape index (κ2) is 7.00. The van der Waals surface area contributed by atoms with Crippen molar-refractivity contribution >= 4 is 29.1 Å². The van der Waals surface area contributed by atoms with Gasteiger partial charge in [-0.1, -0.05) is 36.7 Å².